The van der Waals surface area contributed by atoms with E-state index in [0.29, 0.717) is 18.4 Å². The molecule has 0 spiro atoms. The minimum atomic E-state index is -3.92. The van der Waals surface area contributed by atoms with Gasteiger partial charge >= 0.3 is 5.97 Å². The summed E-state index contributed by atoms with van der Waals surface area (Å²) in [5, 5.41) is 8.84. The molecule has 0 amide bonds. The van der Waals surface area contributed by atoms with E-state index in [2.05, 4.69) is 20.7 Å². The number of quaternary nitrogens is 1. The van der Waals surface area contributed by atoms with Gasteiger partial charge < -0.3 is 18.9 Å². The summed E-state index contributed by atoms with van der Waals surface area (Å²) >= 11 is 0. The number of rotatable bonds is 8. The topological polar surface area (TPSA) is 104 Å². The summed E-state index contributed by atoms with van der Waals surface area (Å²) in [6.45, 7) is 7.54. The molecule has 0 aromatic heterocycles. The van der Waals surface area contributed by atoms with Crippen molar-refractivity contribution in [3.05, 3.63) is 12.2 Å². The zero-order chi connectivity index (χ0) is 17.1. The highest BCUT2D eigenvalue weighted by Crippen LogP contribution is 2.02. The quantitative estimate of drug-likeness (QED) is 0.223. The minimum absolute atomic E-state index is 0.206. The normalized spacial score (nSPS) is 11.3. The first-order valence-corrected chi connectivity index (χ1v) is 8.37. The van der Waals surface area contributed by atoms with Crippen LogP contribution in [0.5, 0.6) is 0 Å². The molecule has 0 heterocycles. The van der Waals surface area contributed by atoms with Gasteiger partial charge in [0.1, 0.15) is 6.54 Å². The highest BCUT2D eigenvalue weighted by atomic mass is 32.2. The fourth-order valence-electron chi connectivity index (χ4n) is 1.31. The Labute approximate surface area is 127 Å². The van der Waals surface area contributed by atoms with Gasteiger partial charge in [0.05, 0.1) is 44.0 Å². The molecule has 0 rings (SSSR count). The summed E-state index contributed by atoms with van der Waals surface area (Å²) in [7, 11) is 0.242. The standard InChI is InChI=1S/C12H24NO3.CH4O3S/c1-11(2)12(15)16-10-6-5-7-13(3,4)8-9-14;1-5(2,3)4/h14H,1,5-10H2,2-4H3;1H3,(H,2,3,4)/q+1;/p-1. The van der Waals surface area contributed by atoms with Crippen LogP contribution in [-0.4, -0.2) is 75.2 Å². The Morgan fingerprint density at radius 2 is 1.76 bits per heavy atom. The van der Waals surface area contributed by atoms with Gasteiger partial charge in [0.15, 0.2) is 0 Å². The van der Waals surface area contributed by atoms with Gasteiger partial charge in [-0.05, 0) is 19.8 Å². The zero-order valence-electron chi connectivity index (χ0n) is 13.3. The molecule has 0 radical (unpaired) electrons. The Hall–Kier alpha value is -0.960. The second-order valence-corrected chi connectivity index (χ2v) is 6.84. The molecule has 1 N–H and O–H groups in total. The van der Waals surface area contributed by atoms with Crippen molar-refractivity contribution >= 4 is 16.1 Å². The molecule has 21 heavy (non-hydrogen) atoms. The summed E-state index contributed by atoms with van der Waals surface area (Å²) < 4.78 is 33.0. The monoisotopic (exact) mass is 325 g/mol. The summed E-state index contributed by atoms with van der Waals surface area (Å²) in [5.74, 6) is -0.316. The summed E-state index contributed by atoms with van der Waals surface area (Å²) in [6.07, 6.45) is 2.44. The molecular formula is C13H27NO6S. The van der Waals surface area contributed by atoms with Crippen molar-refractivity contribution in [2.24, 2.45) is 0 Å². The average Bonchev–Trinajstić information content (AvgIpc) is 2.25. The molecule has 0 bridgehead atoms. The molecule has 8 heteroatoms. The third-order valence-electron chi connectivity index (χ3n) is 2.44. The first-order valence-electron chi connectivity index (χ1n) is 6.55. The molecule has 0 aliphatic heterocycles. The van der Waals surface area contributed by atoms with Gasteiger partial charge in [-0.1, -0.05) is 6.58 Å². The van der Waals surface area contributed by atoms with Gasteiger partial charge in [0.2, 0.25) is 0 Å². The molecule has 0 aliphatic rings. The van der Waals surface area contributed by atoms with Crippen LogP contribution in [0.4, 0.5) is 0 Å². The molecule has 126 valence electrons. The van der Waals surface area contributed by atoms with Crippen molar-refractivity contribution < 1.29 is 32.1 Å². The van der Waals surface area contributed by atoms with Crippen LogP contribution < -0.4 is 0 Å². The third kappa shape index (κ3) is 21.5. The Bertz CT molecular complexity index is 408. The molecule has 0 saturated carbocycles. The van der Waals surface area contributed by atoms with Gasteiger partial charge in [-0.2, -0.15) is 0 Å². The number of likely N-dealkylation sites (N-methyl/N-ethyl adjacent to an activating group) is 1. The lowest BCUT2D eigenvalue weighted by atomic mass is 10.3. The Morgan fingerprint density at radius 3 is 2.14 bits per heavy atom. The molecule has 0 aromatic rings. The number of esters is 1. The number of nitrogens with zero attached hydrogens (tertiary/aromatic N) is 1. The lowest BCUT2D eigenvalue weighted by Gasteiger charge is -2.28. The highest BCUT2D eigenvalue weighted by molar-refractivity contribution is 7.84. The maximum atomic E-state index is 11.0. The smallest absolute Gasteiger partial charge is 0.333 e. The van der Waals surface area contributed by atoms with E-state index in [4.69, 9.17) is 22.8 Å². The molecule has 0 saturated heterocycles. The zero-order valence-corrected chi connectivity index (χ0v) is 14.1. The number of aliphatic hydroxyl groups is 1. The van der Waals surface area contributed by atoms with Crippen molar-refractivity contribution in [2.45, 2.75) is 19.8 Å². The molecule has 0 aliphatic carbocycles. The van der Waals surface area contributed by atoms with E-state index >= 15 is 0 Å². The highest BCUT2D eigenvalue weighted by Gasteiger charge is 2.13. The number of hydrogen-bond acceptors (Lipinski definition) is 6. The number of aliphatic hydroxyl groups excluding tert-OH is 1. The average molecular weight is 325 g/mol. The van der Waals surface area contributed by atoms with Crippen molar-refractivity contribution in [3.8, 4) is 0 Å². The molecule has 0 unspecified atom stereocenters. The van der Waals surface area contributed by atoms with E-state index in [-0.39, 0.29) is 12.6 Å². The first-order chi connectivity index (χ1) is 9.39. The summed E-state index contributed by atoms with van der Waals surface area (Å²) in [6, 6.07) is 0. The lowest BCUT2D eigenvalue weighted by Crippen LogP contribution is -2.42. The van der Waals surface area contributed by atoms with Crippen molar-refractivity contribution in [1.82, 2.24) is 0 Å². The number of carbonyl (C=O) groups is 1. The maximum absolute atomic E-state index is 11.0. The SMILES string of the molecule is C=C(C)C(=O)OCCCC[N+](C)(C)CCO.CS(=O)(=O)[O-]. The van der Waals surface area contributed by atoms with Gasteiger partial charge in [-0.15, -0.1) is 0 Å². The predicted molar refractivity (Wildman–Crippen MR) is 79.6 cm³/mol. The fourth-order valence-corrected chi connectivity index (χ4v) is 1.31. The van der Waals surface area contributed by atoms with Crippen LogP contribution in [0.2, 0.25) is 0 Å². The minimum Gasteiger partial charge on any atom is -0.748 e. The van der Waals surface area contributed by atoms with Gasteiger partial charge in [0.25, 0.3) is 0 Å². The first kappa shape index (κ1) is 22.3. The van der Waals surface area contributed by atoms with Crippen molar-refractivity contribution in [3.63, 3.8) is 0 Å². The van der Waals surface area contributed by atoms with Crippen LogP contribution in [0.3, 0.4) is 0 Å². The van der Waals surface area contributed by atoms with Crippen LogP contribution >= 0.6 is 0 Å². The molecule has 7 nitrogen and oxygen atoms in total. The van der Waals surface area contributed by atoms with Crippen molar-refractivity contribution in [2.75, 3.05) is 46.7 Å². The molecule has 0 aromatic carbocycles. The number of unbranched alkanes of at least 4 members (excludes halogenated alkanes) is 1. The van der Waals surface area contributed by atoms with E-state index in [1.165, 1.54) is 0 Å². The van der Waals surface area contributed by atoms with E-state index in [1.54, 1.807) is 6.92 Å². The van der Waals surface area contributed by atoms with E-state index in [9.17, 15) is 4.79 Å². The summed E-state index contributed by atoms with van der Waals surface area (Å²) in [4.78, 5) is 11.0. The van der Waals surface area contributed by atoms with Crippen LogP contribution in [0.1, 0.15) is 19.8 Å². The number of hydrogen-bond donors (Lipinski definition) is 1. The van der Waals surface area contributed by atoms with E-state index < -0.39 is 10.1 Å². The molecule has 0 atom stereocenters. The lowest BCUT2D eigenvalue weighted by molar-refractivity contribution is -0.890. The van der Waals surface area contributed by atoms with Crippen LogP contribution in [-0.2, 0) is 19.6 Å². The maximum Gasteiger partial charge on any atom is 0.333 e. The molecule has 0 fully saturated rings. The second kappa shape index (κ2) is 10.7. The molecular weight excluding hydrogens is 298 g/mol. The number of ether oxygens (including phenoxy) is 1. The van der Waals surface area contributed by atoms with E-state index in [1.807, 2.05) is 0 Å². The fraction of sp³-hybridized carbons (Fsp3) is 0.769. The van der Waals surface area contributed by atoms with Crippen LogP contribution in [0, 0.1) is 0 Å². The second-order valence-electron chi connectivity index (χ2n) is 5.43. The van der Waals surface area contributed by atoms with Crippen molar-refractivity contribution in [1.29, 1.82) is 0 Å². The van der Waals surface area contributed by atoms with Gasteiger partial charge in [-0.3, -0.25) is 0 Å². The Balaban J connectivity index is 0. The largest absolute Gasteiger partial charge is 0.748 e. The van der Waals surface area contributed by atoms with Crippen LogP contribution in [0.15, 0.2) is 12.2 Å². The third-order valence-corrected chi connectivity index (χ3v) is 2.44. The van der Waals surface area contributed by atoms with Gasteiger partial charge in [0, 0.05) is 11.8 Å². The predicted octanol–water partition coefficient (Wildman–Crippen LogP) is 0.116. The van der Waals surface area contributed by atoms with E-state index in [0.717, 1.165) is 30.4 Å². The Morgan fingerprint density at radius 1 is 1.29 bits per heavy atom. The summed E-state index contributed by atoms with van der Waals surface area (Å²) in [5.41, 5.74) is 0.441. The van der Waals surface area contributed by atoms with Gasteiger partial charge in [-0.25, -0.2) is 13.2 Å². The van der Waals surface area contributed by atoms with Crippen LogP contribution in [0.25, 0.3) is 0 Å². The Kier molecular flexibility index (Phi) is 11.4. The number of carbonyl (C=O) groups excluding carboxylic acids is 1.